The zero-order valence-electron chi connectivity index (χ0n) is 10.9. The molecule has 2 aliphatic heterocycles. The molecule has 2 N–H and O–H groups in total. The summed E-state index contributed by atoms with van der Waals surface area (Å²) in [6, 6.07) is 2.12. The number of aromatic nitrogens is 2. The van der Waals surface area contributed by atoms with Gasteiger partial charge in [0.05, 0.1) is 5.92 Å². The molecule has 3 heterocycles. The molecule has 6 heteroatoms. The van der Waals surface area contributed by atoms with E-state index >= 15 is 0 Å². The van der Waals surface area contributed by atoms with E-state index in [9.17, 15) is 4.79 Å². The van der Waals surface area contributed by atoms with Crippen LogP contribution in [0.5, 0.6) is 0 Å². The SMILES string of the molecule is O=C(NC1CCN(c2ncccn2)CC1)C1CNC1. The lowest BCUT2D eigenvalue weighted by Crippen LogP contribution is -2.54. The lowest BCUT2D eigenvalue weighted by Gasteiger charge is -2.34. The van der Waals surface area contributed by atoms with Crippen molar-refractivity contribution >= 4 is 11.9 Å². The van der Waals surface area contributed by atoms with Gasteiger partial charge in [-0.2, -0.15) is 0 Å². The van der Waals surface area contributed by atoms with Gasteiger partial charge in [0.15, 0.2) is 0 Å². The van der Waals surface area contributed by atoms with Crippen molar-refractivity contribution < 1.29 is 4.79 Å². The van der Waals surface area contributed by atoms with Crippen LogP contribution in [0.1, 0.15) is 12.8 Å². The second-order valence-corrected chi connectivity index (χ2v) is 5.17. The first-order chi connectivity index (χ1) is 9.33. The Morgan fingerprint density at radius 3 is 2.53 bits per heavy atom. The molecule has 0 aliphatic carbocycles. The summed E-state index contributed by atoms with van der Waals surface area (Å²) in [5.74, 6) is 1.17. The summed E-state index contributed by atoms with van der Waals surface area (Å²) >= 11 is 0. The van der Waals surface area contributed by atoms with Crippen molar-refractivity contribution in [3.8, 4) is 0 Å². The Kier molecular flexibility index (Phi) is 3.59. The predicted octanol–water partition coefficient (Wildman–Crippen LogP) is -0.219. The van der Waals surface area contributed by atoms with Crippen LogP contribution in [0.4, 0.5) is 5.95 Å². The van der Waals surface area contributed by atoms with Crippen molar-refractivity contribution in [1.29, 1.82) is 0 Å². The minimum absolute atomic E-state index is 0.176. The summed E-state index contributed by atoms with van der Waals surface area (Å²) in [6.45, 7) is 3.45. The molecular weight excluding hydrogens is 242 g/mol. The number of nitrogens with one attached hydrogen (secondary N) is 2. The third-order valence-electron chi connectivity index (χ3n) is 3.83. The number of amides is 1. The number of anilines is 1. The summed E-state index contributed by atoms with van der Waals surface area (Å²) in [7, 11) is 0. The van der Waals surface area contributed by atoms with E-state index in [0.717, 1.165) is 45.0 Å². The van der Waals surface area contributed by atoms with E-state index in [1.807, 2.05) is 6.07 Å². The summed E-state index contributed by atoms with van der Waals surface area (Å²) in [5.41, 5.74) is 0. The van der Waals surface area contributed by atoms with Crippen LogP contribution in [0.3, 0.4) is 0 Å². The van der Waals surface area contributed by atoms with E-state index in [0.29, 0.717) is 6.04 Å². The summed E-state index contributed by atoms with van der Waals surface area (Å²) in [6.07, 6.45) is 5.45. The topological polar surface area (TPSA) is 70.2 Å². The molecule has 0 atom stereocenters. The van der Waals surface area contributed by atoms with Crippen LogP contribution in [-0.2, 0) is 4.79 Å². The molecule has 0 radical (unpaired) electrons. The molecule has 3 rings (SSSR count). The molecule has 2 fully saturated rings. The minimum atomic E-state index is 0.176. The van der Waals surface area contributed by atoms with Gasteiger partial charge >= 0.3 is 0 Å². The highest BCUT2D eigenvalue weighted by molar-refractivity contribution is 5.80. The van der Waals surface area contributed by atoms with Gasteiger partial charge in [0.2, 0.25) is 11.9 Å². The zero-order chi connectivity index (χ0) is 13.1. The first-order valence-electron chi connectivity index (χ1n) is 6.86. The van der Waals surface area contributed by atoms with E-state index in [1.54, 1.807) is 12.4 Å². The van der Waals surface area contributed by atoms with Gasteiger partial charge in [0.1, 0.15) is 0 Å². The van der Waals surface area contributed by atoms with E-state index in [4.69, 9.17) is 0 Å². The highest BCUT2D eigenvalue weighted by Crippen LogP contribution is 2.16. The van der Waals surface area contributed by atoms with Gasteiger partial charge < -0.3 is 15.5 Å². The van der Waals surface area contributed by atoms with E-state index in [2.05, 4.69) is 25.5 Å². The molecule has 2 saturated heterocycles. The predicted molar refractivity (Wildman–Crippen MR) is 71.8 cm³/mol. The lowest BCUT2D eigenvalue weighted by molar-refractivity contribution is -0.127. The molecule has 1 aromatic heterocycles. The van der Waals surface area contributed by atoms with Crippen molar-refractivity contribution in [2.45, 2.75) is 18.9 Å². The fourth-order valence-electron chi connectivity index (χ4n) is 2.47. The number of piperidine rings is 1. The van der Waals surface area contributed by atoms with Gasteiger partial charge in [-0.25, -0.2) is 9.97 Å². The van der Waals surface area contributed by atoms with Crippen LogP contribution in [0.15, 0.2) is 18.5 Å². The third kappa shape index (κ3) is 2.84. The smallest absolute Gasteiger partial charge is 0.225 e. The number of nitrogens with zero attached hydrogens (tertiary/aromatic N) is 3. The zero-order valence-corrected chi connectivity index (χ0v) is 10.9. The van der Waals surface area contributed by atoms with Gasteiger partial charge in [-0.05, 0) is 18.9 Å². The standard InChI is InChI=1S/C13H19N5O/c19-12(10-8-14-9-10)17-11-2-6-18(7-3-11)13-15-4-1-5-16-13/h1,4-5,10-11,14H,2-3,6-9H2,(H,17,19). The van der Waals surface area contributed by atoms with Crippen molar-refractivity contribution in [2.75, 3.05) is 31.1 Å². The third-order valence-corrected chi connectivity index (χ3v) is 3.83. The second-order valence-electron chi connectivity index (χ2n) is 5.17. The Labute approximate surface area is 112 Å². The summed E-state index contributed by atoms with van der Waals surface area (Å²) in [5, 5.41) is 6.27. The number of hydrogen-bond donors (Lipinski definition) is 2. The average Bonchev–Trinajstić information content (AvgIpc) is 2.38. The number of rotatable bonds is 3. The molecule has 0 spiro atoms. The molecule has 0 bridgehead atoms. The maximum atomic E-state index is 11.9. The lowest BCUT2D eigenvalue weighted by atomic mass is 10.00. The van der Waals surface area contributed by atoms with E-state index < -0.39 is 0 Å². The molecule has 6 nitrogen and oxygen atoms in total. The van der Waals surface area contributed by atoms with Gasteiger partial charge in [-0.3, -0.25) is 4.79 Å². The van der Waals surface area contributed by atoms with Crippen LogP contribution in [0.25, 0.3) is 0 Å². The number of carbonyl (C=O) groups is 1. The van der Waals surface area contributed by atoms with Crippen molar-refractivity contribution in [2.24, 2.45) is 5.92 Å². The summed E-state index contributed by atoms with van der Waals surface area (Å²) < 4.78 is 0. The fraction of sp³-hybridized carbons (Fsp3) is 0.615. The van der Waals surface area contributed by atoms with Gasteiger partial charge in [0, 0.05) is 44.6 Å². The minimum Gasteiger partial charge on any atom is -0.353 e. The van der Waals surface area contributed by atoms with Gasteiger partial charge in [0.25, 0.3) is 0 Å². The van der Waals surface area contributed by atoms with Crippen LogP contribution in [0.2, 0.25) is 0 Å². The Hall–Kier alpha value is -1.69. The normalized spacial score (nSPS) is 20.9. The quantitative estimate of drug-likeness (QED) is 0.787. The maximum absolute atomic E-state index is 11.9. The van der Waals surface area contributed by atoms with E-state index in [1.165, 1.54) is 0 Å². The molecule has 0 saturated carbocycles. The molecule has 0 unspecified atom stereocenters. The van der Waals surface area contributed by atoms with Gasteiger partial charge in [-0.15, -0.1) is 0 Å². The molecule has 2 aliphatic rings. The second kappa shape index (κ2) is 5.52. The molecule has 1 aromatic rings. The number of carbonyl (C=O) groups excluding carboxylic acids is 1. The van der Waals surface area contributed by atoms with Crippen molar-refractivity contribution in [1.82, 2.24) is 20.6 Å². The Morgan fingerprint density at radius 2 is 1.95 bits per heavy atom. The maximum Gasteiger partial charge on any atom is 0.225 e. The first kappa shape index (κ1) is 12.3. The van der Waals surface area contributed by atoms with Gasteiger partial charge in [-0.1, -0.05) is 0 Å². The van der Waals surface area contributed by atoms with Crippen molar-refractivity contribution in [3.63, 3.8) is 0 Å². The Bertz CT molecular complexity index is 426. The molecule has 102 valence electrons. The molecule has 0 aromatic carbocycles. The number of hydrogen-bond acceptors (Lipinski definition) is 5. The average molecular weight is 261 g/mol. The Morgan fingerprint density at radius 1 is 1.26 bits per heavy atom. The molecule has 19 heavy (non-hydrogen) atoms. The van der Waals surface area contributed by atoms with Crippen LogP contribution in [-0.4, -0.2) is 48.1 Å². The highest BCUT2D eigenvalue weighted by atomic mass is 16.2. The van der Waals surface area contributed by atoms with Crippen molar-refractivity contribution in [3.05, 3.63) is 18.5 Å². The monoisotopic (exact) mass is 261 g/mol. The van der Waals surface area contributed by atoms with Crippen LogP contribution < -0.4 is 15.5 Å². The summed E-state index contributed by atoms with van der Waals surface area (Å²) in [4.78, 5) is 22.5. The Balaban J connectivity index is 1.48. The molecule has 1 amide bonds. The largest absolute Gasteiger partial charge is 0.353 e. The van der Waals surface area contributed by atoms with E-state index in [-0.39, 0.29) is 11.8 Å². The molecular formula is C13H19N5O. The first-order valence-corrected chi connectivity index (χ1v) is 6.86. The highest BCUT2D eigenvalue weighted by Gasteiger charge is 2.28. The van der Waals surface area contributed by atoms with Crippen LogP contribution >= 0.6 is 0 Å². The fourth-order valence-corrected chi connectivity index (χ4v) is 2.47. The van der Waals surface area contributed by atoms with Crippen LogP contribution in [0, 0.1) is 5.92 Å².